The second kappa shape index (κ2) is 13.0. The lowest BCUT2D eigenvalue weighted by atomic mass is 10.0. The zero-order chi connectivity index (χ0) is 27.9. The minimum Gasteiger partial charge on any atom is -0.508 e. The Kier molecular flexibility index (Phi) is 10.1. The molecular weight excluding hydrogens is 502 g/mol. The van der Waals surface area contributed by atoms with Crippen LogP contribution in [0.1, 0.15) is 57.7 Å². The Balaban J connectivity index is 1.95. The van der Waals surface area contributed by atoms with Crippen LogP contribution >= 0.6 is 11.8 Å². The summed E-state index contributed by atoms with van der Waals surface area (Å²) < 4.78 is 5.43. The number of carbonyl (C=O) groups excluding carboxylic acids is 3. The maximum atomic E-state index is 14.2. The molecule has 0 radical (unpaired) electrons. The topological polar surface area (TPSA) is 108 Å². The van der Waals surface area contributed by atoms with Crippen molar-refractivity contribution in [2.75, 3.05) is 12.0 Å². The summed E-state index contributed by atoms with van der Waals surface area (Å²) in [6, 6.07) is 13.9. The molecule has 1 saturated carbocycles. The number of phenolic OH excluding ortho intramolecular Hbond substituents is 1. The van der Waals surface area contributed by atoms with Gasteiger partial charge in [0, 0.05) is 12.6 Å². The van der Waals surface area contributed by atoms with Crippen molar-refractivity contribution in [2.24, 2.45) is 5.92 Å². The van der Waals surface area contributed by atoms with Gasteiger partial charge in [0.15, 0.2) is 0 Å². The van der Waals surface area contributed by atoms with Crippen molar-refractivity contribution in [1.29, 1.82) is 0 Å². The van der Waals surface area contributed by atoms with Crippen LogP contribution in [0.15, 0.2) is 54.6 Å². The maximum Gasteiger partial charge on any atom is 0.408 e. The molecule has 0 heterocycles. The lowest BCUT2D eigenvalue weighted by Crippen LogP contribution is -2.54. The zero-order valence-electron chi connectivity index (χ0n) is 22.8. The Morgan fingerprint density at radius 3 is 2.39 bits per heavy atom. The Morgan fingerprint density at radius 2 is 1.82 bits per heavy atom. The first kappa shape index (κ1) is 29.4. The number of hydrogen-bond donors (Lipinski definition) is 3. The molecule has 4 unspecified atom stereocenters. The number of rotatable bonds is 11. The molecule has 0 aromatic heterocycles. The minimum absolute atomic E-state index is 0.00502. The molecular formula is C29H39N3O5S. The van der Waals surface area contributed by atoms with E-state index < -0.39 is 23.8 Å². The molecule has 8 nitrogen and oxygen atoms in total. The highest BCUT2D eigenvalue weighted by molar-refractivity contribution is 7.98. The fourth-order valence-electron chi connectivity index (χ4n) is 4.31. The van der Waals surface area contributed by atoms with Gasteiger partial charge in [-0.3, -0.25) is 9.59 Å². The van der Waals surface area contributed by atoms with Crippen molar-refractivity contribution < 1.29 is 24.2 Å². The van der Waals surface area contributed by atoms with Gasteiger partial charge in [-0.25, -0.2) is 4.79 Å². The van der Waals surface area contributed by atoms with Crippen LogP contribution in [0.5, 0.6) is 5.75 Å². The van der Waals surface area contributed by atoms with Crippen LogP contribution < -0.4 is 10.6 Å². The van der Waals surface area contributed by atoms with Gasteiger partial charge in [0.2, 0.25) is 11.8 Å². The summed E-state index contributed by atoms with van der Waals surface area (Å²) in [5.74, 6) is 0.140. The van der Waals surface area contributed by atoms with Crippen LogP contribution in [-0.4, -0.2) is 57.6 Å². The first-order valence-electron chi connectivity index (χ1n) is 12.9. The van der Waals surface area contributed by atoms with Gasteiger partial charge in [0.05, 0.1) is 0 Å². The Bertz CT molecular complexity index is 1100. The van der Waals surface area contributed by atoms with E-state index in [1.807, 2.05) is 43.5 Å². The number of benzene rings is 2. The molecule has 0 bridgehead atoms. The van der Waals surface area contributed by atoms with E-state index in [4.69, 9.17) is 4.74 Å². The number of phenols is 1. The Hall–Kier alpha value is -3.20. The van der Waals surface area contributed by atoms with Crippen molar-refractivity contribution in [1.82, 2.24) is 15.5 Å². The van der Waals surface area contributed by atoms with E-state index in [0.717, 1.165) is 12.0 Å². The van der Waals surface area contributed by atoms with Crippen LogP contribution in [0.2, 0.25) is 0 Å². The molecule has 3 rings (SSSR count). The van der Waals surface area contributed by atoms with Crippen molar-refractivity contribution in [3.8, 4) is 5.75 Å². The van der Waals surface area contributed by atoms with Crippen LogP contribution in [0, 0.1) is 5.92 Å². The molecule has 3 N–H and O–H groups in total. The first-order valence-corrected chi connectivity index (χ1v) is 14.3. The molecule has 1 fully saturated rings. The summed E-state index contributed by atoms with van der Waals surface area (Å²) in [6.07, 6.45) is 2.38. The number of aromatic hydroxyl groups is 1. The summed E-state index contributed by atoms with van der Waals surface area (Å²) in [5, 5.41) is 15.9. The van der Waals surface area contributed by atoms with Gasteiger partial charge >= 0.3 is 6.09 Å². The minimum atomic E-state index is -0.981. The fourth-order valence-corrected chi connectivity index (χ4v) is 4.78. The average Bonchev–Trinajstić information content (AvgIpc) is 3.58. The fraction of sp³-hybridized carbons (Fsp3) is 0.483. The predicted molar refractivity (Wildman–Crippen MR) is 150 cm³/mol. The van der Waals surface area contributed by atoms with E-state index in [-0.39, 0.29) is 29.5 Å². The van der Waals surface area contributed by atoms with Crippen molar-refractivity contribution in [3.63, 3.8) is 0 Å². The van der Waals surface area contributed by atoms with Crippen LogP contribution in [0.3, 0.4) is 0 Å². The van der Waals surface area contributed by atoms with E-state index in [9.17, 15) is 19.5 Å². The van der Waals surface area contributed by atoms with Crippen molar-refractivity contribution in [3.05, 3.63) is 65.7 Å². The summed E-state index contributed by atoms with van der Waals surface area (Å²) in [7, 11) is 0. The standard InChI is InChI=1S/C29H39N3O5S/c1-19-16-24(19)32(27(35)23(14-15-38-5)31-28(36)37-29(2,3)4)25(21-12-9-13-22(33)17-21)26(34)30-18-20-10-7-6-8-11-20/h6-13,17,19,23-25,33H,14-16,18H2,1-5H3,(H,30,34)(H,31,36). The Morgan fingerprint density at radius 1 is 1.13 bits per heavy atom. The molecule has 9 heteroatoms. The van der Waals surface area contributed by atoms with Crippen molar-refractivity contribution in [2.45, 2.75) is 70.8 Å². The number of nitrogens with one attached hydrogen (secondary N) is 2. The molecule has 0 aliphatic heterocycles. The SMILES string of the molecule is CSCCC(NC(=O)OC(C)(C)C)C(=O)N(C(C(=O)NCc1ccccc1)c1cccc(O)c1)C1CC1C. The second-order valence-corrected chi connectivity index (χ2v) is 11.7. The number of alkyl carbamates (subject to hydrolysis) is 1. The molecule has 2 aromatic rings. The van der Waals surface area contributed by atoms with Crippen LogP contribution in [0.4, 0.5) is 4.79 Å². The predicted octanol–water partition coefficient (Wildman–Crippen LogP) is 4.63. The lowest BCUT2D eigenvalue weighted by molar-refractivity contribution is -0.143. The molecule has 38 heavy (non-hydrogen) atoms. The number of amides is 3. The molecule has 206 valence electrons. The Labute approximate surface area is 229 Å². The number of nitrogens with zero attached hydrogens (tertiary/aromatic N) is 1. The number of carbonyl (C=O) groups is 3. The van der Waals surface area contributed by atoms with E-state index in [0.29, 0.717) is 24.3 Å². The van der Waals surface area contributed by atoms with Gasteiger partial charge in [0.1, 0.15) is 23.4 Å². The number of hydrogen-bond acceptors (Lipinski definition) is 6. The van der Waals surface area contributed by atoms with E-state index in [1.165, 1.54) is 12.1 Å². The van der Waals surface area contributed by atoms with E-state index >= 15 is 0 Å². The number of ether oxygens (including phenoxy) is 1. The smallest absolute Gasteiger partial charge is 0.408 e. The zero-order valence-corrected chi connectivity index (χ0v) is 23.6. The van der Waals surface area contributed by atoms with Gasteiger partial charge in [-0.2, -0.15) is 11.8 Å². The van der Waals surface area contributed by atoms with E-state index in [2.05, 4.69) is 10.6 Å². The quantitative estimate of drug-likeness (QED) is 0.383. The largest absolute Gasteiger partial charge is 0.508 e. The van der Waals surface area contributed by atoms with E-state index in [1.54, 1.807) is 49.6 Å². The van der Waals surface area contributed by atoms with Crippen LogP contribution in [0.25, 0.3) is 0 Å². The molecule has 4 atom stereocenters. The van der Waals surface area contributed by atoms with Gasteiger partial charge in [-0.05, 0) is 74.8 Å². The average molecular weight is 542 g/mol. The molecule has 0 spiro atoms. The first-order chi connectivity index (χ1) is 18.0. The summed E-state index contributed by atoms with van der Waals surface area (Å²) >= 11 is 1.57. The normalized spacial score (nSPS) is 18.1. The lowest BCUT2D eigenvalue weighted by Gasteiger charge is -2.35. The highest BCUT2D eigenvalue weighted by atomic mass is 32.2. The van der Waals surface area contributed by atoms with Gasteiger partial charge in [0.25, 0.3) is 0 Å². The van der Waals surface area contributed by atoms with Crippen molar-refractivity contribution >= 4 is 29.7 Å². The molecule has 0 saturated heterocycles. The molecule has 1 aliphatic rings. The molecule has 1 aliphatic carbocycles. The maximum absolute atomic E-state index is 14.2. The summed E-state index contributed by atoms with van der Waals surface area (Å²) in [6.45, 7) is 7.61. The molecule has 3 amide bonds. The highest BCUT2D eigenvalue weighted by Crippen LogP contribution is 2.41. The third-order valence-corrected chi connectivity index (χ3v) is 6.94. The summed E-state index contributed by atoms with van der Waals surface area (Å²) in [5.41, 5.74) is 0.713. The van der Waals surface area contributed by atoms with Gasteiger partial charge in [-0.15, -0.1) is 0 Å². The third-order valence-electron chi connectivity index (χ3n) is 6.30. The molecule has 2 aromatic carbocycles. The van der Waals surface area contributed by atoms with Crippen LogP contribution in [-0.2, 0) is 20.9 Å². The monoisotopic (exact) mass is 541 g/mol. The van der Waals surface area contributed by atoms with Gasteiger partial charge < -0.3 is 25.4 Å². The van der Waals surface area contributed by atoms with Gasteiger partial charge in [-0.1, -0.05) is 49.4 Å². The number of thioether (sulfide) groups is 1. The summed E-state index contributed by atoms with van der Waals surface area (Å²) in [4.78, 5) is 42.2. The second-order valence-electron chi connectivity index (χ2n) is 10.7. The highest BCUT2D eigenvalue weighted by Gasteiger charge is 2.48. The third kappa shape index (κ3) is 8.41.